The number of nitrogens with zero attached hydrogens (tertiary/aromatic N) is 1. The van der Waals surface area contributed by atoms with Gasteiger partial charge in [0.05, 0.1) is 19.3 Å². The molecule has 0 saturated carbocycles. The van der Waals surface area contributed by atoms with Gasteiger partial charge in [0.2, 0.25) is 0 Å². The predicted molar refractivity (Wildman–Crippen MR) is 104 cm³/mol. The first-order valence-corrected chi connectivity index (χ1v) is 9.76. The summed E-state index contributed by atoms with van der Waals surface area (Å²) in [4.78, 5) is 14.9. The van der Waals surface area contributed by atoms with Gasteiger partial charge in [-0.15, -0.1) is 0 Å². The van der Waals surface area contributed by atoms with Crippen molar-refractivity contribution in [3.63, 3.8) is 0 Å². The number of benzene rings is 2. The molecule has 1 atom stereocenters. The Balaban J connectivity index is 1.60. The normalized spacial score (nSPS) is 19.6. The Bertz CT molecular complexity index is 775. The summed E-state index contributed by atoms with van der Waals surface area (Å²) in [5.74, 6) is 1.70. The first-order valence-electron chi connectivity index (χ1n) is 8.68. The quantitative estimate of drug-likeness (QED) is 0.637. The van der Waals surface area contributed by atoms with Crippen molar-refractivity contribution < 1.29 is 14.3 Å². The Morgan fingerprint density at radius 2 is 1.76 bits per heavy atom. The average Bonchev–Trinajstić information content (AvgIpc) is 3.00. The number of fused-ring (bicyclic) bond motifs is 1. The van der Waals surface area contributed by atoms with Crippen molar-refractivity contribution in [3.8, 4) is 11.5 Å². The second kappa shape index (κ2) is 7.23. The Hall–Kier alpha value is -1.76. The minimum atomic E-state index is 0.101. The van der Waals surface area contributed by atoms with Crippen LogP contribution in [0.15, 0.2) is 42.5 Å². The lowest BCUT2D eigenvalue weighted by Gasteiger charge is -2.26. The van der Waals surface area contributed by atoms with Crippen molar-refractivity contribution >= 4 is 28.5 Å². The topological polar surface area (TPSA) is 38.8 Å². The number of carbonyl (C=O) groups excluding carboxylic acids is 1. The highest BCUT2D eigenvalue weighted by Gasteiger charge is 2.31. The van der Waals surface area contributed by atoms with Crippen LogP contribution in [0.25, 0.3) is 0 Å². The van der Waals surface area contributed by atoms with Crippen LogP contribution in [-0.2, 0) is 0 Å². The van der Waals surface area contributed by atoms with E-state index < -0.39 is 0 Å². The van der Waals surface area contributed by atoms with E-state index in [9.17, 15) is 4.79 Å². The van der Waals surface area contributed by atoms with Crippen LogP contribution in [0.1, 0.15) is 41.2 Å². The molecule has 0 unspecified atom stereocenters. The molecule has 0 radical (unpaired) electrons. The number of rotatable bonds is 2. The fourth-order valence-corrected chi connectivity index (χ4v) is 3.86. The predicted octanol–water partition coefficient (Wildman–Crippen LogP) is 4.43. The molecule has 2 heterocycles. The monoisotopic (exact) mass is 449 g/mol. The van der Waals surface area contributed by atoms with Gasteiger partial charge in [-0.25, -0.2) is 0 Å². The van der Waals surface area contributed by atoms with Gasteiger partial charge in [0.25, 0.3) is 5.91 Å². The number of carbonyl (C=O) groups is 1. The molecule has 0 N–H and O–H groups in total. The van der Waals surface area contributed by atoms with Gasteiger partial charge in [0, 0.05) is 22.1 Å². The Labute approximate surface area is 161 Å². The van der Waals surface area contributed by atoms with E-state index in [4.69, 9.17) is 9.47 Å². The van der Waals surface area contributed by atoms with E-state index in [1.807, 2.05) is 41.3 Å². The lowest BCUT2D eigenvalue weighted by molar-refractivity contribution is 0.0735. The maximum absolute atomic E-state index is 13.0. The molecule has 2 aliphatic heterocycles. The number of ether oxygens (including phenoxy) is 2. The SMILES string of the molecule is O=C(c1ccc(I)cc1)N1CCC[C@@H]1c1ccc2c(c1)OCCCO2. The minimum absolute atomic E-state index is 0.101. The molecule has 5 heteroatoms. The summed E-state index contributed by atoms with van der Waals surface area (Å²) >= 11 is 2.25. The molecule has 2 aromatic carbocycles. The van der Waals surface area contributed by atoms with Crippen molar-refractivity contribution in [2.45, 2.75) is 25.3 Å². The summed E-state index contributed by atoms with van der Waals surface area (Å²) in [7, 11) is 0. The standard InChI is InChI=1S/C20H20INO3/c21-16-7-4-14(5-8-16)20(23)22-10-1-3-17(22)15-6-9-18-19(13-15)25-12-2-11-24-18/h4-9,13,17H,1-3,10-12H2/t17-/m1/s1. The van der Waals surface area contributed by atoms with E-state index in [2.05, 4.69) is 28.7 Å². The summed E-state index contributed by atoms with van der Waals surface area (Å²) in [6.45, 7) is 2.16. The number of likely N-dealkylation sites (tertiary alicyclic amines) is 1. The van der Waals surface area contributed by atoms with E-state index in [0.717, 1.165) is 52.0 Å². The van der Waals surface area contributed by atoms with E-state index in [1.54, 1.807) is 0 Å². The van der Waals surface area contributed by atoms with Crippen LogP contribution >= 0.6 is 22.6 Å². The van der Waals surface area contributed by atoms with Gasteiger partial charge in [0.15, 0.2) is 11.5 Å². The molecule has 1 amide bonds. The molecule has 0 bridgehead atoms. The minimum Gasteiger partial charge on any atom is -0.490 e. The van der Waals surface area contributed by atoms with Gasteiger partial charge in [-0.3, -0.25) is 4.79 Å². The van der Waals surface area contributed by atoms with Crippen molar-refractivity contribution in [3.05, 3.63) is 57.2 Å². The van der Waals surface area contributed by atoms with Crippen molar-refractivity contribution in [1.29, 1.82) is 0 Å². The number of hydrogen-bond acceptors (Lipinski definition) is 3. The highest BCUT2D eigenvalue weighted by Crippen LogP contribution is 2.38. The van der Waals surface area contributed by atoms with Crippen molar-refractivity contribution in [2.75, 3.05) is 19.8 Å². The Morgan fingerprint density at radius 1 is 1.00 bits per heavy atom. The lowest BCUT2D eigenvalue weighted by atomic mass is 10.0. The molecule has 2 aromatic rings. The van der Waals surface area contributed by atoms with E-state index in [0.29, 0.717) is 13.2 Å². The third kappa shape index (κ3) is 3.47. The third-order valence-corrected chi connectivity index (χ3v) is 5.48. The zero-order valence-electron chi connectivity index (χ0n) is 13.9. The van der Waals surface area contributed by atoms with Gasteiger partial charge >= 0.3 is 0 Å². The van der Waals surface area contributed by atoms with Crippen LogP contribution in [-0.4, -0.2) is 30.6 Å². The van der Waals surface area contributed by atoms with Crippen molar-refractivity contribution in [2.24, 2.45) is 0 Å². The summed E-state index contributed by atoms with van der Waals surface area (Å²) in [5, 5.41) is 0. The number of halogens is 1. The summed E-state index contributed by atoms with van der Waals surface area (Å²) in [6.07, 6.45) is 2.90. The third-order valence-electron chi connectivity index (χ3n) is 4.76. The Morgan fingerprint density at radius 3 is 2.56 bits per heavy atom. The lowest BCUT2D eigenvalue weighted by Crippen LogP contribution is -2.30. The zero-order chi connectivity index (χ0) is 17.2. The highest BCUT2D eigenvalue weighted by molar-refractivity contribution is 14.1. The maximum atomic E-state index is 13.0. The summed E-state index contributed by atoms with van der Waals surface area (Å²) in [5.41, 5.74) is 1.88. The van der Waals surface area contributed by atoms with E-state index in [-0.39, 0.29) is 11.9 Å². The second-order valence-corrected chi connectivity index (χ2v) is 7.67. The first-order chi connectivity index (χ1) is 12.2. The largest absolute Gasteiger partial charge is 0.490 e. The molecular formula is C20H20INO3. The molecule has 1 saturated heterocycles. The van der Waals surface area contributed by atoms with Crippen LogP contribution in [0.4, 0.5) is 0 Å². The average molecular weight is 449 g/mol. The van der Waals surface area contributed by atoms with Gasteiger partial charge in [-0.1, -0.05) is 6.07 Å². The van der Waals surface area contributed by atoms with E-state index in [1.165, 1.54) is 0 Å². The summed E-state index contributed by atoms with van der Waals surface area (Å²) in [6, 6.07) is 14.0. The Kier molecular flexibility index (Phi) is 4.83. The highest BCUT2D eigenvalue weighted by atomic mass is 127. The molecule has 4 rings (SSSR count). The van der Waals surface area contributed by atoms with Gasteiger partial charge in [-0.05, 0) is 77.4 Å². The zero-order valence-corrected chi connectivity index (χ0v) is 16.1. The smallest absolute Gasteiger partial charge is 0.254 e. The van der Waals surface area contributed by atoms with Gasteiger partial charge in [-0.2, -0.15) is 0 Å². The molecule has 130 valence electrons. The molecule has 1 fully saturated rings. The number of hydrogen-bond donors (Lipinski definition) is 0. The first kappa shape index (κ1) is 16.7. The molecule has 0 aliphatic carbocycles. The van der Waals surface area contributed by atoms with Crippen LogP contribution in [0.5, 0.6) is 11.5 Å². The molecule has 4 nitrogen and oxygen atoms in total. The molecular weight excluding hydrogens is 429 g/mol. The van der Waals surface area contributed by atoms with E-state index >= 15 is 0 Å². The molecule has 2 aliphatic rings. The molecule has 0 aromatic heterocycles. The van der Waals surface area contributed by atoms with Crippen molar-refractivity contribution in [1.82, 2.24) is 4.90 Å². The maximum Gasteiger partial charge on any atom is 0.254 e. The van der Waals surface area contributed by atoms with Crippen LogP contribution in [0.3, 0.4) is 0 Å². The van der Waals surface area contributed by atoms with Crippen LogP contribution < -0.4 is 9.47 Å². The molecule has 0 spiro atoms. The number of amides is 1. The fraction of sp³-hybridized carbons (Fsp3) is 0.350. The van der Waals surface area contributed by atoms with Gasteiger partial charge < -0.3 is 14.4 Å². The van der Waals surface area contributed by atoms with Gasteiger partial charge in [0.1, 0.15) is 0 Å². The fourth-order valence-electron chi connectivity index (χ4n) is 3.50. The molecule has 25 heavy (non-hydrogen) atoms. The van der Waals surface area contributed by atoms with Crippen LogP contribution in [0.2, 0.25) is 0 Å². The second-order valence-electron chi connectivity index (χ2n) is 6.42. The van der Waals surface area contributed by atoms with Crippen LogP contribution in [0, 0.1) is 3.57 Å². The summed E-state index contributed by atoms with van der Waals surface area (Å²) < 4.78 is 12.7.